The number of rotatable bonds is 5. The van der Waals surface area contributed by atoms with Gasteiger partial charge in [-0.05, 0) is 6.42 Å². The lowest BCUT2D eigenvalue weighted by molar-refractivity contribution is -0.118. The molecule has 0 saturated carbocycles. The van der Waals surface area contributed by atoms with Gasteiger partial charge in [0.15, 0.2) is 5.82 Å². The highest BCUT2D eigenvalue weighted by atomic mass is 16.1. The third-order valence-electron chi connectivity index (χ3n) is 1.63. The standard InChI is InChI=1S/C8H13N5O/c9-6-4-11-5-13-8(6)12-3-1-2-7(10)14/h4-5H,1-3,9H2,(H2,10,14)(H,11,12,13). The fourth-order valence-corrected chi connectivity index (χ4v) is 0.957. The molecule has 0 atom stereocenters. The van der Waals surface area contributed by atoms with Crippen molar-refractivity contribution in [2.24, 2.45) is 5.73 Å². The number of anilines is 2. The van der Waals surface area contributed by atoms with Crippen molar-refractivity contribution in [2.45, 2.75) is 12.8 Å². The molecule has 0 aliphatic rings. The summed E-state index contributed by atoms with van der Waals surface area (Å²) in [5, 5.41) is 2.98. The largest absolute Gasteiger partial charge is 0.394 e. The molecule has 0 aromatic carbocycles. The molecule has 0 radical (unpaired) electrons. The van der Waals surface area contributed by atoms with Crippen LogP contribution in [0, 0.1) is 0 Å². The van der Waals surface area contributed by atoms with Crippen molar-refractivity contribution in [1.29, 1.82) is 0 Å². The Balaban J connectivity index is 2.31. The first-order chi connectivity index (χ1) is 6.70. The molecular weight excluding hydrogens is 182 g/mol. The summed E-state index contributed by atoms with van der Waals surface area (Å²) in [4.78, 5) is 18.1. The van der Waals surface area contributed by atoms with Gasteiger partial charge in [-0.2, -0.15) is 0 Å². The van der Waals surface area contributed by atoms with E-state index in [1.165, 1.54) is 12.5 Å². The monoisotopic (exact) mass is 195 g/mol. The van der Waals surface area contributed by atoms with Gasteiger partial charge in [0.1, 0.15) is 6.33 Å². The van der Waals surface area contributed by atoms with Crippen LogP contribution in [0.1, 0.15) is 12.8 Å². The number of nitrogen functional groups attached to an aromatic ring is 1. The quantitative estimate of drug-likeness (QED) is 0.561. The van der Waals surface area contributed by atoms with Gasteiger partial charge in [-0.1, -0.05) is 0 Å². The molecule has 0 saturated heterocycles. The summed E-state index contributed by atoms with van der Waals surface area (Å²) in [6.45, 7) is 0.615. The van der Waals surface area contributed by atoms with Crippen LogP contribution in [0.5, 0.6) is 0 Å². The van der Waals surface area contributed by atoms with Gasteiger partial charge >= 0.3 is 0 Å². The maximum absolute atomic E-state index is 10.4. The van der Waals surface area contributed by atoms with Crippen LogP contribution in [0.2, 0.25) is 0 Å². The van der Waals surface area contributed by atoms with E-state index in [4.69, 9.17) is 11.5 Å². The van der Waals surface area contributed by atoms with Crippen molar-refractivity contribution >= 4 is 17.4 Å². The minimum absolute atomic E-state index is 0.303. The molecule has 1 aromatic rings. The minimum atomic E-state index is -0.303. The van der Waals surface area contributed by atoms with Gasteiger partial charge in [-0.15, -0.1) is 0 Å². The van der Waals surface area contributed by atoms with E-state index in [0.29, 0.717) is 30.9 Å². The van der Waals surface area contributed by atoms with Crippen molar-refractivity contribution in [3.63, 3.8) is 0 Å². The second-order valence-electron chi connectivity index (χ2n) is 2.82. The average Bonchev–Trinajstić information content (AvgIpc) is 2.15. The van der Waals surface area contributed by atoms with Crippen LogP contribution >= 0.6 is 0 Å². The second-order valence-corrected chi connectivity index (χ2v) is 2.82. The van der Waals surface area contributed by atoms with Gasteiger partial charge in [-0.25, -0.2) is 9.97 Å². The molecule has 5 N–H and O–H groups in total. The lowest BCUT2D eigenvalue weighted by Crippen LogP contribution is -2.13. The van der Waals surface area contributed by atoms with Crippen LogP contribution in [0.4, 0.5) is 11.5 Å². The van der Waals surface area contributed by atoms with Crippen LogP contribution in [-0.2, 0) is 4.79 Å². The highest BCUT2D eigenvalue weighted by Gasteiger charge is 1.99. The molecule has 1 heterocycles. The predicted molar refractivity (Wildman–Crippen MR) is 53.4 cm³/mol. The number of nitrogens with one attached hydrogen (secondary N) is 1. The summed E-state index contributed by atoms with van der Waals surface area (Å²) in [5.41, 5.74) is 11.1. The maximum Gasteiger partial charge on any atom is 0.217 e. The Bertz CT molecular complexity index is 314. The Morgan fingerprint density at radius 3 is 3.00 bits per heavy atom. The third kappa shape index (κ3) is 3.26. The normalized spacial score (nSPS) is 9.71. The second kappa shape index (κ2) is 5.00. The van der Waals surface area contributed by atoms with Crippen LogP contribution in [0.15, 0.2) is 12.5 Å². The van der Waals surface area contributed by atoms with Gasteiger partial charge < -0.3 is 16.8 Å². The lowest BCUT2D eigenvalue weighted by Gasteiger charge is -2.05. The van der Waals surface area contributed by atoms with E-state index in [0.717, 1.165) is 0 Å². The summed E-state index contributed by atoms with van der Waals surface area (Å²) in [6.07, 6.45) is 3.95. The topological polar surface area (TPSA) is 107 Å². The Morgan fingerprint density at radius 2 is 2.36 bits per heavy atom. The van der Waals surface area contributed by atoms with E-state index in [-0.39, 0.29) is 5.91 Å². The van der Waals surface area contributed by atoms with E-state index < -0.39 is 0 Å². The van der Waals surface area contributed by atoms with Crippen molar-refractivity contribution in [3.05, 3.63) is 12.5 Å². The smallest absolute Gasteiger partial charge is 0.217 e. The van der Waals surface area contributed by atoms with Crippen molar-refractivity contribution in [3.8, 4) is 0 Å². The summed E-state index contributed by atoms with van der Waals surface area (Å²) in [5.74, 6) is 0.284. The van der Waals surface area contributed by atoms with Gasteiger partial charge in [0, 0.05) is 13.0 Å². The molecule has 0 spiro atoms. The minimum Gasteiger partial charge on any atom is -0.394 e. The molecule has 0 aliphatic heterocycles. The molecule has 0 unspecified atom stereocenters. The molecule has 6 nitrogen and oxygen atoms in total. The van der Waals surface area contributed by atoms with E-state index >= 15 is 0 Å². The number of hydrogen-bond donors (Lipinski definition) is 3. The number of amides is 1. The zero-order valence-corrected chi connectivity index (χ0v) is 7.73. The van der Waals surface area contributed by atoms with Gasteiger partial charge in [0.05, 0.1) is 11.9 Å². The van der Waals surface area contributed by atoms with E-state index in [9.17, 15) is 4.79 Å². The van der Waals surface area contributed by atoms with Crippen LogP contribution in [0.3, 0.4) is 0 Å². The van der Waals surface area contributed by atoms with E-state index in [1.54, 1.807) is 0 Å². The lowest BCUT2D eigenvalue weighted by atomic mass is 10.3. The SMILES string of the molecule is NC(=O)CCCNc1ncncc1N. The molecule has 14 heavy (non-hydrogen) atoms. The Hall–Kier alpha value is -1.85. The molecule has 0 aliphatic carbocycles. The molecule has 1 aromatic heterocycles. The van der Waals surface area contributed by atoms with Crippen LogP contribution in [0.25, 0.3) is 0 Å². The highest BCUT2D eigenvalue weighted by Crippen LogP contribution is 2.10. The number of carbonyl (C=O) groups excluding carboxylic acids is 1. The molecule has 1 rings (SSSR count). The number of nitrogens with two attached hydrogens (primary N) is 2. The summed E-state index contributed by atoms with van der Waals surface area (Å²) >= 11 is 0. The fourth-order valence-electron chi connectivity index (χ4n) is 0.957. The summed E-state index contributed by atoms with van der Waals surface area (Å²) < 4.78 is 0. The third-order valence-corrected chi connectivity index (χ3v) is 1.63. The van der Waals surface area contributed by atoms with Gasteiger partial charge in [-0.3, -0.25) is 4.79 Å². The fraction of sp³-hybridized carbons (Fsp3) is 0.375. The van der Waals surface area contributed by atoms with Crippen molar-refractivity contribution in [2.75, 3.05) is 17.6 Å². The van der Waals surface area contributed by atoms with Crippen molar-refractivity contribution < 1.29 is 4.79 Å². The number of hydrogen-bond acceptors (Lipinski definition) is 5. The molecule has 1 amide bonds. The number of nitrogens with zero attached hydrogens (tertiary/aromatic N) is 2. The Labute approximate surface area is 81.7 Å². The first-order valence-electron chi connectivity index (χ1n) is 4.28. The average molecular weight is 195 g/mol. The Kier molecular flexibility index (Phi) is 3.66. The first-order valence-corrected chi connectivity index (χ1v) is 4.28. The highest BCUT2D eigenvalue weighted by molar-refractivity contribution is 5.73. The van der Waals surface area contributed by atoms with Gasteiger partial charge in [0.2, 0.25) is 5.91 Å². The zero-order chi connectivity index (χ0) is 10.4. The number of primary amides is 1. The Morgan fingerprint density at radius 1 is 1.57 bits per heavy atom. The summed E-state index contributed by atoms with van der Waals surface area (Å²) in [6, 6.07) is 0. The molecule has 0 fully saturated rings. The van der Waals surface area contributed by atoms with Crippen LogP contribution in [-0.4, -0.2) is 22.4 Å². The molecular formula is C8H13N5O. The molecule has 76 valence electrons. The van der Waals surface area contributed by atoms with E-state index in [1.807, 2.05) is 0 Å². The van der Waals surface area contributed by atoms with E-state index in [2.05, 4.69) is 15.3 Å². The van der Waals surface area contributed by atoms with Crippen molar-refractivity contribution in [1.82, 2.24) is 9.97 Å². The maximum atomic E-state index is 10.4. The molecule has 0 bridgehead atoms. The van der Waals surface area contributed by atoms with Crippen LogP contribution < -0.4 is 16.8 Å². The first kappa shape index (κ1) is 10.2. The van der Waals surface area contributed by atoms with Gasteiger partial charge in [0.25, 0.3) is 0 Å². The summed E-state index contributed by atoms with van der Waals surface area (Å²) in [7, 11) is 0. The zero-order valence-electron chi connectivity index (χ0n) is 7.73. The predicted octanol–water partition coefficient (Wildman–Crippen LogP) is -0.264. The number of carbonyl (C=O) groups is 1. The molecule has 6 heteroatoms. The number of aromatic nitrogens is 2.